The third kappa shape index (κ3) is 3.55. The number of hydrogen-bond donors (Lipinski definition) is 0. The van der Waals surface area contributed by atoms with E-state index >= 15 is 0 Å². The first kappa shape index (κ1) is 17.9. The molecule has 0 radical (unpaired) electrons. The largest absolute Gasteiger partial charge is 0.493 e. The summed E-state index contributed by atoms with van der Waals surface area (Å²) in [5.41, 5.74) is 1.57. The topological polar surface area (TPSA) is 38.8 Å². The lowest BCUT2D eigenvalue weighted by Crippen LogP contribution is -2.30. The molecule has 1 aliphatic rings. The van der Waals surface area contributed by atoms with Gasteiger partial charge in [-0.05, 0) is 42.7 Å². The molecule has 0 aliphatic carbocycles. The van der Waals surface area contributed by atoms with Gasteiger partial charge >= 0.3 is 0 Å². The lowest BCUT2D eigenvalue weighted by atomic mass is 10.0. The van der Waals surface area contributed by atoms with E-state index in [1.165, 1.54) is 14.2 Å². The van der Waals surface area contributed by atoms with Crippen LogP contribution in [0.2, 0.25) is 10.0 Å². The maximum atomic E-state index is 13.1. The predicted octanol–water partition coefficient (Wildman–Crippen LogP) is 4.99. The van der Waals surface area contributed by atoms with E-state index in [0.717, 1.165) is 18.4 Å². The average molecular weight is 380 g/mol. The Bertz CT molecular complexity index is 777. The molecule has 2 aromatic rings. The zero-order valence-electron chi connectivity index (χ0n) is 14.1. The Hall–Kier alpha value is -1.91. The van der Waals surface area contributed by atoms with Gasteiger partial charge in [-0.3, -0.25) is 4.79 Å². The molecule has 1 atom stereocenters. The fraction of sp³-hybridized carbons (Fsp3) is 0.316. The van der Waals surface area contributed by atoms with Gasteiger partial charge in [0.25, 0.3) is 5.91 Å². The minimum atomic E-state index is -0.0692. The lowest BCUT2D eigenvalue weighted by molar-refractivity contribution is 0.0735. The Labute approximate surface area is 157 Å². The van der Waals surface area contributed by atoms with Crippen molar-refractivity contribution in [1.29, 1.82) is 0 Å². The second-order valence-corrected chi connectivity index (χ2v) is 6.75. The van der Waals surface area contributed by atoms with E-state index < -0.39 is 0 Å². The molecule has 2 aromatic carbocycles. The summed E-state index contributed by atoms with van der Waals surface area (Å²) in [5, 5.41) is 1.04. The molecule has 4 nitrogen and oxygen atoms in total. The second-order valence-electron chi connectivity index (χ2n) is 5.90. The molecule has 0 saturated carbocycles. The Morgan fingerprint density at radius 3 is 2.48 bits per heavy atom. The van der Waals surface area contributed by atoms with Crippen LogP contribution in [0.4, 0.5) is 0 Å². The van der Waals surface area contributed by atoms with E-state index in [1.807, 2.05) is 29.2 Å². The Balaban J connectivity index is 1.91. The molecule has 1 amide bonds. The van der Waals surface area contributed by atoms with E-state index in [9.17, 15) is 4.79 Å². The van der Waals surface area contributed by atoms with E-state index in [1.54, 1.807) is 12.1 Å². The first-order valence-corrected chi connectivity index (χ1v) is 8.78. The Kier molecular flexibility index (Phi) is 5.40. The van der Waals surface area contributed by atoms with Gasteiger partial charge in [-0.1, -0.05) is 35.3 Å². The van der Waals surface area contributed by atoms with Gasteiger partial charge in [0.1, 0.15) is 0 Å². The van der Waals surface area contributed by atoms with E-state index in [0.29, 0.717) is 33.7 Å². The number of carbonyl (C=O) groups excluding carboxylic acids is 1. The SMILES string of the molecule is COc1cc(C(=O)N2CCCC2c2ccc(Cl)cc2)cc(Cl)c1OC. The molecular formula is C19H19Cl2NO3. The molecule has 1 aliphatic heterocycles. The second kappa shape index (κ2) is 7.54. The standard InChI is InChI=1S/C19H19Cl2NO3/c1-24-17-11-13(10-15(21)18(17)25-2)19(23)22-9-3-4-16(22)12-5-7-14(20)8-6-12/h5-8,10-11,16H,3-4,9H2,1-2H3. The summed E-state index contributed by atoms with van der Waals surface area (Å²) in [6.45, 7) is 0.706. The molecule has 0 aromatic heterocycles. The first-order chi connectivity index (χ1) is 12.0. The molecule has 6 heteroatoms. The van der Waals surface area contributed by atoms with Crippen LogP contribution in [0, 0.1) is 0 Å². The van der Waals surface area contributed by atoms with Crippen LogP contribution in [0.3, 0.4) is 0 Å². The van der Waals surface area contributed by atoms with Crippen molar-refractivity contribution < 1.29 is 14.3 Å². The summed E-state index contributed by atoms with van der Waals surface area (Å²) in [5.74, 6) is 0.803. The number of nitrogens with zero attached hydrogens (tertiary/aromatic N) is 1. The van der Waals surface area contributed by atoms with Gasteiger partial charge in [-0.2, -0.15) is 0 Å². The maximum Gasteiger partial charge on any atom is 0.254 e. The van der Waals surface area contributed by atoms with Crippen LogP contribution in [0.15, 0.2) is 36.4 Å². The third-order valence-corrected chi connectivity index (χ3v) is 4.98. The minimum absolute atomic E-state index is 0.0386. The Morgan fingerprint density at radius 2 is 1.84 bits per heavy atom. The van der Waals surface area contributed by atoms with Gasteiger partial charge in [0.2, 0.25) is 0 Å². The number of ether oxygens (including phenoxy) is 2. The van der Waals surface area contributed by atoms with Crippen molar-refractivity contribution in [3.8, 4) is 11.5 Å². The smallest absolute Gasteiger partial charge is 0.254 e. The summed E-state index contributed by atoms with van der Waals surface area (Å²) in [6.07, 6.45) is 1.88. The highest BCUT2D eigenvalue weighted by Gasteiger charge is 2.31. The van der Waals surface area contributed by atoms with Gasteiger partial charge < -0.3 is 14.4 Å². The van der Waals surface area contributed by atoms with Crippen LogP contribution in [0.25, 0.3) is 0 Å². The molecule has 1 saturated heterocycles. The molecule has 0 spiro atoms. The highest BCUT2D eigenvalue weighted by atomic mass is 35.5. The van der Waals surface area contributed by atoms with Crippen LogP contribution in [-0.4, -0.2) is 31.6 Å². The lowest BCUT2D eigenvalue weighted by Gasteiger charge is -2.25. The summed E-state index contributed by atoms with van der Waals surface area (Å²) in [6, 6.07) is 11.0. The molecule has 3 rings (SSSR count). The normalized spacial score (nSPS) is 16.8. The summed E-state index contributed by atoms with van der Waals surface area (Å²) < 4.78 is 10.5. The van der Waals surface area contributed by atoms with E-state index in [4.69, 9.17) is 32.7 Å². The zero-order chi connectivity index (χ0) is 18.0. The van der Waals surface area contributed by atoms with Crippen LogP contribution in [0.1, 0.15) is 34.8 Å². The maximum absolute atomic E-state index is 13.1. The highest BCUT2D eigenvalue weighted by molar-refractivity contribution is 6.32. The summed E-state index contributed by atoms with van der Waals surface area (Å²) in [4.78, 5) is 14.9. The van der Waals surface area contributed by atoms with Crippen molar-refractivity contribution in [2.45, 2.75) is 18.9 Å². The van der Waals surface area contributed by atoms with Crippen LogP contribution >= 0.6 is 23.2 Å². The van der Waals surface area contributed by atoms with E-state index in [-0.39, 0.29) is 11.9 Å². The number of amides is 1. The van der Waals surface area contributed by atoms with Crippen molar-refractivity contribution in [1.82, 2.24) is 4.90 Å². The molecule has 1 heterocycles. The number of carbonyl (C=O) groups is 1. The van der Waals surface area contributed by atoms with Crippen LogP contribution in [0.5, 0.6) is 11.5 Å². The van der Waals surface area contributed by atoms with Crippen molar-refractivity contribution >= 4 is 29.1 Å². The van der Waals surface area contributed by atoms with Gasteiger partial charge in [0.15, 0.2) is 11.5 Å². The number of likely N-dealkylation sites (tertiary alicyclic amines) is 1. The molecule has 1 fully saturated rings. The minimum Gasteiger partial charge on any atom is -0.493 e. The average Bonchev–Trinajstić information content (AvgIpc) is 3.10. The molecule has 0 N–H and O–H groups in total. The molecule has 132 valence electrons. The number of rotatable bonds is 4. The van der Waals surface area contributed by atoms with Crippen molar-refractivity contribution in [3.63, 3.8) is 0 Å². The summed E-state index contributed by atoms with van der Waals surface area (Å²) >= 11 is 12.2. The van der Waals surface area contributed by atoms with Crippen LogP contribution < -0.4 is 9.47 Å². The number of benzene rings is 2. The summed E-state index contributed by atoms with van der Waals surface area (Å²) in [7, 11) is 3.04. The Morgan fingerprint density at radius 1 is 1.12 bits per heavy atom. The van der Waals surface area contributed by atoms with Crippen molar-refractivity contribution in [3.05, 3.63) is 57.6 Å². The highest BCUT2D eigenvalue weighted by Crippen LogP contribution is 2.38. The van der Waals surface area contributed by atoms with Crippen LogP contribution in [-0.2, 0) is 0 Å². The fourth-order valence-corrected chi connectivity index (χ4v) is 3.66. The van der Waals surface area contributed by atoms with Crippen molar-refractivity contribution in [2.24, 2.45) is 0 Å². The number of methoxy groups -OCH3 is 2. The molecule has 1 unspecified atom stereocenters. The van der Waals surface area contributed by atoms with Gasteiger partial charge in [-0.25, -0.2) is 0 Å². The molecule has 0 bridgehead atoms. The molecule has 25 heavy (non-hydrogen) atoms. The van der Waals surface area contributed by atoms with E-state index in [2.05, 4.69) is 0 Å². The zero-order valence-corrected chi connectivity index (χ0v) is 15.6. The quantitative estimate of drug-likeness (QED) is 0.750. The monoisotopic (exact) mass is 379 g/mol. The number of halogens is 2. The van der Waals surface area contributed by atoms with Gasteiger partial charge in [0.05, 0.1) is 25.3 Å². The first-order valence-electron chi connectivity index (χ1n) is 8.03. The third-order valence-electron chi connectivity index (χ3n) is 4.45. The van der Waals surface area contributed by atoms with Gasteiger partial charge in [0, 0.05) is 17.1 Å². The fourth-order valence-electron chi connectivity index (χ4n) is 3.25. The molecular weight excluding hydrogens is 361 g/mol. The van der Waals surface area contributed by atoms with Crippen molar-refractivity contribution in [2.75, 3.05) is 20.8 Å². The van der Waals surface area contributed by atoms with Gasteiger partial charge in [-0.15, -0.1) is 0 Å². The predicted molar refractivity (Wildman–Crippen MR) is 99.0 cm³/mol. The number of hydrogen-bond acceptors (Lipinski definition) is 3.